The number of rotatable bonds is 2. The number of carbonyl (C=O) groups excluding carboxylic acids is 1. The summed E-state index contributed by atoms with van der Waals surface area (Å²) in [5, 5.41) is 62.5. The fourth-order valence-electron chi connectivity index (χ4n) is 2.30. The normalized spacial score (nSPS) is 12.6. The van der Waals surface area contributed by atoms with Crippen molar-refractivity contribution in [2.24, 2.45) is 0 Å². The van der Waals surface area contributed by atoms with Crippen molar-refractivity contribution in [1.82, 2.24) is 0 Å². The number of ether oxygens (including phenoxy) is 2. The molecule has 1 aliphatic rings. The first-order chi connectivity index (χ1) is 15.2. The van der Waals surface area contributed by atoms with Crippen LogP contribution in [0.4, 0.5) is 0 Å². The highest BCUT2D eigenvalue weighted by Gasteiger charge is 2.20. The van der Waals surface area contributed by atoms with E-state index in [1.165, 1.54) is 12.8 Å². The van der Waals surface area contributed by atoms with Crippen molar-refractivity contribution >= 4 is 11.9 Å². The van der Waals surface area contributed by atoms with E-state index in [1.807, 2.05) is 0 Å². The van der Waals surface area contributed by atoms with Crippen molar-refractivity contribution in [2.75, 3.05) is 13.2 Å². The number of carbonyl (C=O) groups is 2. The average molecular weight is 468 g/mol. The Balaban J connectivity index is 0.000000279. The lowest BCUT2D eigenvalue weighted by Crippen LogP contribution is -2.23. The molecule has 7 N–H and O–H groups in total. The third-order valence-electron chi connectivity index (χ3n) is 3.85. The van der Waals surface area contributed by atoms with E-state index in [-0.39, 0.29) is 11.1 Å². The third kappa shape index (κ3) is 9.03. The number of hydrogen-bond acceptors (Lipinski definition) is 10. The summed E-state index contributed by atoms with van der Waals surface area (Å²) in [7, 11) is 0. The molecular formula is C22H28O11. The number of carboxylic acids is 1. The van der Waals surface area contributed by atoms with Gasteiger partial charge in [-0.25, -0.2) is 9.59 Å². The van der Waals surface area contributed by atoms with Crippen LogP contribution >= 0.6 is 0 Å². The molecule has 0 saturated carbocycles. The second kappa shape index (κ2) is 11.7. The average Bonchev–Trinajstić information content (AvgIpc) is 3.28. The largest absolute Gasteiger partial charge is 0.504 e. The molecule has 1 fully saturated rings. The number of phenolic OH excluding ortho intramolecular Hbond substituents is 6. The molecule has 0 amide bonds. The minimum Gasteiger partial charge on any atom is -0.504 e. The lowest BCUT2D eigenvalue weighted by Gasteiger charge is -2.19. The molecule has 0 aliphatic carbocycles. The number of phenols is 6. The minimum atomic E-state index is -1.29. The number of aromatic carboxylic acids is 1. The topological polar surface area (TPSA) is 194 Å². The fourth-order valence-corrected chi connectivity index (χ4v) is 2.30. The summed E-state index contributed by atoms with van der Waals surface area (Å²) < 4.78 is 9.98. The zero-order valence-corrected chi connectivity index (χ0v) is 18.4. The Labute approximate surface area is 189 Å². The molecule has 11 nitrogen and oxygen atoms in total. The van der Waals surface area contributed by atoms with E-state index in [1.54, 1.807) is 20.8 Å². The first kappa shape index (κ1) is 27.2. The maximum absolute atomic E-state index is 11.5. The molecule has 33 heavy (non-hydrogen) atoms. The quantitative estimate of drug-likeness (QED) is 0.253. The number of aromatic hydroxyl groups is 6. The zero-order valence-electron chi connectivity index (χ0n) is 18.4. The molecule has 0 unspecified atom stereocenters. The number of esters is 1. The minimum absolute atomic E-state index is 0.0253. The van der Waals surface area contributed by atoms with E-state index in [0.29, 0.717) is 0 Å². The second-order valence-electron chi connectivity index (χ2n) is 7.85. The smallest absolute Gasteiger partial charge is 0.338 e. The van der Waals surface area contributed by atoms with Gasteiger partial charge in [-0.2, -0.15) is 0 Å². The SMILES string of the molecule is C1CCOC1.CC(C)(C)OC(=O)c1cc(O)c(O)c(O)c1.O=C(O)c1cc(O)c(O)c(O)c1. The summed E-state index contributed by atoms with van der Waals surface area (Å²) in [5.74, 6) is -5.81. The highest BCUT2D eigenvalue weighted by molar-refractivity contribution is 5.91. The van der Waals surface area contributed by atoms with Crippen LogP contribution in [0.5, 0.6) is 34.5 Å². The van der Waals surface area contributed by atoms with Gasteiger partial charge in [0, 0.05) is 13.2 Å². The predicted molar refractivity (Wildman–Crippen MR) is 115 cm³/mol. The van der Waals surface area contributed by atoms with Gasteiger partial charge < -0.3 is 45.2 Å². The van der Waals surface area contributed by atoms with Gasteiger partial charge in [0.1, 0.15) is 5.60 Å². The van der Waals surface area contributed by atoms with Gasteiger partial charge in [0.2, 0.25) is 0 Å². The monoisotopic (exact) mass is 468 g/mol. The molecule has 0 radical (unpaired) electrons. The molecule has 0 aromatic heterocycles. The van der Waals surface area contributed by atoms with Crippen LogP contribution in [0.1, 0.15) is 54.3 Å². The Kier molecular flexibility index (Phi) is 9.61. The molecule has 182 valence electrons. The maximum atomic E-state index is 11.5. The van der Waals surface area contributed by atoms with Crippen LogP contribution in [0, 0.1) is 0 Å². The van der Waals surface area contributed by atoms with Gasteiger partial charge in [0.05, 0.1) is 11.1 Å². The Morgan fingerprint density at radius 2 is 1.12 bits per heavy atom. The van der Waals surface area contributed by atoms with E-state index >= 15 is 0 Å². The summed E-state index contributed by atoms with van der Waals surface area (Å²) >= 11 is 0. The molecule has 1 aliphatic heterocycles. The van der Waals surface area contributed by atoms with Gasteiger partial charge >= 0.3 is 11.9 Å². The van der Waals surface area contributed by atoms with Crippen molar-refractivity contribution < 1.29 is 54.8 Å². The molecule has 1 heterocycles. The Morgan fingerprint density at radius 3 is 1.39 bits per heavy atom. The van der Waals surface area contributed by atoms with E-state index in [4.69, 9.17) is 35.0 Å². The summed E-state index contributed by atoms with van der Waals surface area (Å²) in [4.78, 5) is 21.9. The van der Waals surface area contributed by atoms with Crippen molar-refractivity contribution in [2.45, 2.75) is 39.2 Å². The maximum Gasteiger partial charge on any atom is 0.338 e. The van der Waals surface area contributed by atoms with Crippen LogP contribution in [0.15, 0.2) is 24.3 Å². The van der Waals surface area contributed by atoms with Crippen LogP contribution in [0.2, 0.25) is 0 Å². The standard InChI is InChI=1S/C11H14O5.C7H6O5.C4H8O/c1-11(2,3)16-10(15)6-4-7(12)9(14)8(13)5-6;8-4-1-3(7(11)12)2-5(9)6(4)10;1-2-4-5-3-1/h4-5,12-14H,1-3H3;1-2,8-10H,(H,11,12);1-4H2. The molecular weight excluding hydrogens is 440 g/mol. The second-order valence-corrected chi connectivity index (χ2v) is 7.85. The first-order valence-corrected chi connectivity index (χ1v) is 9.77. The molecule has 2 aromatic carbocycles. The fraction of sp³-hybridized carbons (Fsp3) is 0.364. The number of hydrogen-bond donors (Lipinski definition) is 7. The molecule has 0 atom stereocenters. The molecule has 1 saturated heterocycles. The first-order valence-electron chi connectivity index (χ1n) is 9.77. The van der Waals surface area contributed by atoms with Gasteiger partial charge in [-0.1, -0.05) is 0 Å². The molecule has 0 bridgehead atoms. The number of carboxylic acid groups (broad SMARTS) is 1. The molecule has 2 aromatic rings. The summed E-state index contributed by atoms with van der Waals surface area (Å²) in [5.41, 5.74) is -0.981. The van der Waals surface area contributed by atoms with E-state index in [9.17, 15) is 19.8 Å². The highest BCUT2D eigenvalue weighted by atomic mass is 16.6. The molecule has 3 rings (SSSR count). The summed E-state index contributed by atoms with van der Waals surface area (Å²) in [6.45, 7) is 7.10. The Morgan fingerprint density at radius 1 is 0.758 bits per heavy atom. The molecule has 0 spiro atoms. The van der Waals surface area contributed by atoms with Gasteiger partial charge in [0.25, 0.3) is 0 Å². The third-order valence-corrected chi connectivity index (χ3v) is 3.85. The van der Waals surface area contributed by atoms with Crippen LogP contribution in [0.25, 0.3) is 0 Å². The Hall–Kier alpha value is -3.86. The van der Waals surface area contributed by atoms with Crippen LogP contribution in [-0.4, -0.2) is 66.5 Å². The van der Waals surface area contributed by atoms with Gasteiger partial charge in [-0.3, -0.25) is 0 Å². The van der Waals surface area contributed by atoms with Gasteiger partial charge in [-0.05, 0) is 57.9 Å². The highest BCUT2D eigenvalue weighted by Crippen LogP contribution is 2.36. The lowest BCUT2D eigenvalue weighted by atomic mass is 10.1. The van der Waals surface area contributed by atoms with Gasteiger partial charge in [0.15, 0.2) is 34.5 Å². The van der Waals surface area contributed by atoms with E-state index < -0.39 is 52.0 Å². The Bertz CT molecular complexity index is 919. The van der Waals surface area contributed by atoms with Crippen molar-refractivity contribution in [3.63, 3.8) is 0 Å². The van der Waals surface area contributed by atoms with E-state index in [2.05, 4.69) is 0 Å². The number of benzene rings is 2. The zero-order chi connectivity index (χ0) is 25.3. The molecule has 11 heteroatoms. The van der Waals surface area contributed by atoms with Crippen molar-refractivity contribution in [1.29, 1.82) is 0 Å². The van der Waals surface area contributed by atoms with E-state index in [0.717, 1.165) is 37.5 Å². The van der Waals surface area contributed by atoms with Crippen molar-refractivity contribution in [3.8, 4) is 34.5 Å². The van der Waals surface area contributed by atoms with Crippen LogP contribution in [-0.2, 0) is 9.47 Å². The van der Waals surface area contributed by atoms with Crippen LogP contribution < -0.4 is 0 Å². The van der Waals surface area contributed by atoms with Crippen molar-refractivity contribution in [3.05, 3.63) is 35.4 Å². The lowest BCUT2D eigenvalue weighted by molar-refractivity contribution is 0.00684. The van der Waals surface area contributed by atoms with Crippen LogP contribution in [0.3, 0.4) is 0 Å². The summed E-state index contributed by atoms with van der Waals surface area (Å²) in [6, 6.07) is 3.75. The predicted octanol–water partition coefficient (Wildman–Crippen LogP) is 3.06. The van der Waals surface area contributed by atoms with Gasteiger partial charge in [-0.15, -0.1) is 0 Å². The summed E-state index contributed by atoms with van der Waals surface area (Å²) in [6.07, 6.45) is 2.56.